The Morgan fingerprint density at radius 3 is 2.43 bits per heavy atom. The molecular formula is C22H29N5O. The number of pyridine rings is 1. The van der Waals surface area contributed by atoms with E-state index in [0.717, 1.165) is 55.8 Å². The average Bonchev–Trinajstić information content (AvgIpc) is 3.03. The van der Waals surface area contributed by atoms with Crippen molar-refractivity contribution < 1.29 is 4.79 Å². The van der Waals surface area contributed by atoms with E-state index in [-0.39, 0.29) is 11.8 Å². The van der Waals surface area contributed by atoms with Gasteiger partial charge in [0.2, 0.25) is 5.91 Å². The SMILES string of the molecule is O=C(NC1CCCCCC1)C1CCCN(c2ccc(-c3ccncc3)nn2)C1. The highest BCUT2D eigenvalue weighted by molar-refractivity contribution is 5.79. The van der Waals surface area contributed by atoms with Crippen molar-refractivity contribution in [3.63, 3.8) is 0 Å². The van der Waals surface area contributed by atoms with E-state index < -0.39 is 0 Å². The molecule has 1 aliphatic heterocycles. The number of hydrogen-bond acceptors (Lipinski definition) is 5. The molecule has 1 amide bonds. The number of rotatable bonds is 4. The van der Waals surface area contributed by atoms with Gasteiger partial charge < -0.3 is 10.2 Å². The lowest BCUT2D eigenvalue weighted by molar-refractivity contribution is -0.126. The molecule has 0 spiro atoms. The summed E-state index contributed by atoms with van der Waals surface area (Å²) in [5.41, 5.74) is 1.85. The van der Waals surface area contributed by atoms with Gasteiger partial charge in [0.05, 0.1) is 11.6 Å². The number of nitrogens with one attached hydrogen (secondary N) is 1. The lowest BCUT2D eigenvalue weighted by atomic mass is 9.96. The Morgan fingerprint density at radius 2 is 1.71 bits per heavy atom. The number of nitrogens with zero attached hydrogens (tertiary/aromatic N) is 4. The first-order chi connectivity index (χ1) is 13.8. The fourth-order valence-electron chi connectivity index (χ4n) is 4.31. The highest BCUT2D eigenvalue weighted by atomic mass is 16.2. The van der Waals surface area contributed by atoms with E-state index in [4.69, 9.17) is 0 Å². The zero-order chi connectivity index (χ0) is 19.2. The predicted octanol–water partition coefficient (Wildman–Crippen LogP) is 3.59. The molecule has 3 heterocycles. The summed E-state index contributed by atoms with van der Waals surface area (Å²) in [4.78, 5) is 19.1. The van der Waals surface area contributed by atoms with Crippen LogP contribution in [0.25, 0.3) is 11.3 Å². The molecule has 2 aromatic heterocycles. The maximum Gasteiger partial charge on any atom is 0.225 e. The van der Waals surface area contributed by atoms with Crippen LogP contribution in [0.15, 0.2) is 36.7 Å². The molecule has 6 nitrogen and oxygen atoms in total. The summed E-state index contributed by atoms with van der Waals surface area (Å²) >= 11 is 0. The summed E-state index contributed by atoms with van der Waals surface area (Å²) in [5.74, 6) is 1.11. The van der Waals surface area contributed by atoms with E-state index >= 15 is 0 Å². The molecule has 4 rings (SSSR count). The molecule has 0 radical (unpaired) electrons. The number of amides is 1. The fourth-order valence-corrected chi connectivity index (χ4v) is 4.31. The van der Waals surface area contributed by atoms with E-state index in [1.165, 1.54) is 25.7 Å². The van der Waals surface area contributed by atoms with Gasteiger partial charge in [-0.25, -0.2) is 0 Å². The number of anilines is 1. The van der Waals surface area contributed by atoms with Crippen LogP contribution in [0, 0.1) is 5.92 Å². The van der Waals surface area contributed by atoms with Crippen molar-refractivity contribution in [2.75, 3.05) is 18.0 Å². The third kappa shape index (κ3) is 4.66. The third-order valence-corrected chi connectivity index (χ3v) is 5.94. The minimum atomic E-state index is 0.0404. The van der Waals surface area contributed by atoms with Crippen LogP contribution in [0.3, 0.4) is 0 Å². The molecule has 0 bridgehead atoms. The van der Waals surface area contributed by atoms with Crippen molar-refractivity contribution in [1.82, 2.24) is 20.5 Å². The highest BCUT2D eigenvalue weighted by Crippen LogP contribution is 2.24. The molecule has 148 valence electrons. The summed E-state index contributed by atoms with van der Waals surface area (Å²) in [5, 5.41) is 12.1. The zero-order valence-corrected chi connectivity index (χ0v) is 16.4. The van der Waals surface area contributed by atoms with Gasteiger partial charge in [0, 0.05) is 37.1 Å². The summed E-state index contributed by atoms with van der Waals surface area (Å²) < 4.78 is 0. The van der Waals surface area contributed by atoms with Crippen molar-refractivity contribution in [2.45, 2.75) is 57.4 Å². The molecule has 1 saturated carbocycles. The smallest absolute Gasteiger partial charge is 0.225 e. The van der Waals surface area contributed by atoms with Crippen molar-refractivity contribution in [2.24, 2.45) is 5.92 Å². The molecule has 0 aromatic carbocycles. The normalized spacial score (nSPS) is 21.1. The van der Waals surface area contributed by atoms with Crippen molar-refractivity contribution >= 4 is 11.7 Å². The first-order valence-electron chi connectivity index (χ1n) is 10.6. The first kappa shape index (κ1) is 18.8. The second-order valence-electron chi connectivity index (χ2n) is 7.99. The zero-order valence-electron chi connectivity index (χ0n) is 16.4. The number of carbonyl (C=O) groups is 1. The van der Waals surface area contributed by atoms with Crippen LogP contribution in [0.2, 0.25) is 0 Å². The van der Waals surface area contributed by atoms with Crippen LogP contribution in [0.1, 0.15) is 51.4 Å². The van der Waals surface area contributed by atoms with Gasteiger partial charge in [-0.1, -0.05) is 25.7 Å². The third-order valence-electron chi connectivity index (χ3n) is 5.94. The Kier molecular flexibility index (Phi) is 6.14. The largest absolute Gasteiger partial charge is 0.354 e. The molecule has 1 aliphatic carbocycles. The average molecular weight is 380 g/mol. The van der Waals surface area contributed by atoms with Gasteiger partial charge in [-0.2, -0.15) is 0 Å². The van der Waals surface area contributed by atoms with Gasteiger partial charge in [-0.05, 0) is 49.9 Å². The summed E-state index contributed by atoms with van der Waals surface area (Å²) in [6.45, 7) is 1.65. The van der Waals surface area contributed by atoms with Gasteiger partial charge in [0.1, 0.15) is 0 Å². The Hall–Kier alpha value is -2.50. The molecule has 1 saturated heterocycles. The summed E-state index contributed by atoms with van der Waals surface area (Å²) in [6, 6.07) is 8.22. The highest BCUT2D eigenvalue weighted by Gasteiger charge is 2.28. The van der Waals surface area contributed by atoms with Crippen LogP contribution in [-0.4, -0.2) is 40.2 Å². The Labute approximate surface area is 166 Å². The topological polar surface area (TPSA) is 71.0 Å². The molecule has 1 unspecified atom stereocenters. The Morgan fingerprint density at radius 1 is 0.929 bits per heavy atom. The van der Waals surface area contributed by atoms with Crippen molar-refractivity contribution in [3.05, 3.63) is 36.7 Å². The maximum atomic E-state index is 12.8. The van der Waals surface area contributed by atoms with E-state index in [0.29, 0.717) is 6.04 Å². The van der Waals surface area contributed by atoms with Gasteiger partial charge in [-0.3, -0.25) is 9.78 Å². The van der Waals surface area contributed by atoms with Crippen LogP contribution in [0.5, 0.6) is 0 Å². The molecule has 28 heavy (non-hydrogen) atoms. The van der Waals surface area contributed by atoms with E-state index in [9.17, 15) is 4.79 Å². The Balaban J connectivity index is 1.37. The lowest BCUT2D eigenvalue weighted by Gasteiger charge is -2.33. The van der Waals surface area contributed by atoms with Crippen LogP contribution < -0.4 is 10.2 Å². The van der Waals surface area contributed by atoms with E-state index in [1.807, 2.05) is 24.3 Å². The standard InChI is InChI=1S/C22H29N5O/c28-22(24-19-7-3-1-2-4-8-19)18-6-5-15-27(16-18)21-10-9-20(25-26-21)17-11-13-23-14-12-17/h9-14,18-19H,1-8,15-16H2,(H,24,28). The van der Waals surface area contributed by atoms with Crippen LogP contribution in [-0.2, 0) is 4.79 Å². The number of carbonyl (C=O) groups excluding carboxylic acids is 1. The lowest BCUT2D eigenvalue weighted by Crippen LogP contribution is -2.46. The minimum Gasteiger partial charge on any atom is -0.354 e. The quantitative estimate of drug-likeness (QED) is 0.822. The molecule has 2 aromatic rings. The van der Waals surface area contributed by atoms with E-state index in [1.54, 1.807) is 12.4 Å². The maximum absolute atomic E-state index is 12.8. The second-order valence-corrected chi connectivity index (χ2v) is 7.99. The molecule has 2 fully saturated rings. The number of hydrogen-bond donors (Lipinski definition) is 1. The number of aromatic nitrogens is 3. The number of piperidine rings is 1. The van der Waals surface area contributed by atoms with Crippen LogP contribution in [0.4, 0.5) is 5.82 Å². The minimum absolute atomic E-state index is 0.0404. The molecule has 2 aliphatic rings. The molecule has 1 atom stereocenters. The summed E-state index contributed by atoms with van der Waals surface area (Å²) in [7, 11) is 0. The second kappa shape index (κ2) is 9.13. The predicted molar refractivity (Wildman–Crippen MR) is 110 cm³/mol. The van der Waals surface area contributed by atoms with Gasteiger partial charge in [0.15, 0.2) is 5.82 Å². The van der Waals surface area contributed by atoms with Gasteiger partial charge in [0.25, 0.3) is 0 Å². The van der Waals surface area contributed by atoms with Crippen molar-refractivity contribution in [1.29, 1.82) is 0 Å². The monoisotopic (exact) mass is 379 g/mol. The van der Waals surface area contributed by atoms with Gasteiger partial charge >= 0.3 is 0 Å². The summed E-state index contributed by atoms with van der Waals surface area (Å²) in [6.07, 6.45) is 12.8. The van der Waals surface area contributed by atoms with E-state index in [2.05, 4.69) is 25.4 Å². The molecular weight excluding hydrogens is 350 g/mol. The van der Waals surface area contributed by atoms with Crippen molar-refractivity contribution in [3.8, 4) is 11.3 Å². The first-order valence-corrected chi connectivity index (χ1v) is 10.6. The van der Waals surface area contributed by atoms with Crippen LogP contribution >= 0.6 is 0 Å². The Bertz CT molecular complexity index is 756. The molecule has 6 heteroatoms. The fraction of sp³-hybridized carbons (Fsp3) is 0.545. The van der Waals surface area contributed by atoms with Gasteiger partial charge in [-0.15, -0.1) is 10.2 Å². The molecule has 1 N–H and O–H groups in total.